The molecule has 0 saturated carbocycles. The van der Waals surface area contributed by atoms with Gasteiger partial charge >= 0.3 is 0 Å². The van der Waals surface area contributed by atoms with Crippen molar-refractivity contribution < 1.29 is 0 Å². The molecular formula is C19H19N5S. The molecule has 1 aromatic heterocycles. The number of allylic oxidation sites excluding steroid dienone is 1. The normalized spacial score (nSPS) is 16.1. The number of thioether (sulfide) groups is 1. The average molecular weight is 349 g/mol. The molecule has 0 bridgehead atoms. The van der Waals surface area contributed by atoms with Crippen LogP contribution in [-0.4, -0.2) is 26.5 Å². The number of anilines is 1. The Bertz CT molecular complexity index is 896. The van der Waals surface area contributed by atoms with Gasteiger partial charge in [0.2, 0.25) is 5.95 Å². The zero-order chi connectivity index (χ0) is 17.2. The van der Waals surface area contributed by atoms with Gasteiger partial charge in [-0.25, -0.2) is 0 Å². The Morgan fingerprint density at radius 2 is 1.84 bits per heavy atom. The third-order valence-electron chi connectivity index (χ3n) is 4.46. The Hall–Kier alpha value is -2.60. The molecular weight excluding hydrogens is 330 g/mol. The zero-order valence-corrected chi connectivity index (χ0v) is 15.0. The summed E-state index contributed by atoms with van der Waals surface area (Å²) in [7, 11) is 0. The fourth-order valence-corrected chi connectivity index (χ4v) is 3.39. The van der Waals surface area contributed by atoms with Crippen LogP contribution in [0.5, 0.6) is 0 Å². The molecule has 0 unspecified atom stereocenters. The molecule has 2 heterocycles. The van der Waals surface area contributed by atoms with E-state index in [-0.39, 0.29) is 6.04 Å². The van der Waals surface area contributed by atoms with Gasteiger partial charge in [-0.15, -0.1) is 11.8 Å². The molecule has 1 aliphatic rings. The molecule has 126 valence electrons. The Morgan fingerprint density at radius 1 is 1.08 bits per heavy atom. The Balaban J connectivity index is 1.74. The minimum atomic E-state index is -0.0250. The summed E-state index contributed by atoms with van der Waals surface area (Å²) >= 11 is 1.74. The molecule has 1 aliphatic heterocycles. The van der Waals surface area contributed by atoms with Crippen molar-refractivity contribution in [2.75, 3.05) is 11.6 Å². The van der Waals surface area contributed by atoms with Gasteiger partial charge in [-0.05, 0) is 58.0 Å². The van der Waals surface area contributed by atoms with Crippen LogP contribution < -0.4 is 5.32 Å². The Morgan fingerprint density at radius 3 is 2.52 bits per heavy atom. The van der Waals surface area contributed by atoms with Crippen molar-refractivity contribution in [1.82, 2.24) is 20.2 Å². The first-order chi connectivity index (χ1) is 12.3. The van der Waals surface area contributed by atoms with Crippen LogP contribution in [0.15, 0.2) is 59.5 Å². The van der Waals surface area contributed by atoms with Crippen molar-refractivity contribution in [3.8, 4) is 0 Å². The highest BCUT2D eigenvalue weighted by atomic mass is 32.2. The lowest BCUT2D eigenvalue weighted by molar-refractivity contribution is 0.585. The van der Waals surface area contributed by atoms with E-state index in [4.69, 9.17) is 0 Å². The second-order valence-corrected chi connectivity index (χ2v) is 6.80. The summed E-state index contributed by atoms with van der Waals surface area (Å²) in [6.45, 7) is 2.16. The maximum Gasteiger partial charge on any atom is 0.248 e. The van der Waals surface area contributed by atoms with E-state index in [9.17, 15) is 0 Å². The summed E-state index contributed by atoms with van der Waals surface area (Å²) in [4.78, 5) is 1.24. The van der Waals surface area contributed by atoms with Gasteiger partial charge in [0.25, 0.3) is 0 Å². The van der Waals surface area contributed by atoms with Gasteiger partial charge < -0.3 is 5.32 Å². The number of aryl methyl sites for hydroxylation is 1. The van der Waals surface area contributed by atoms with Crippen LogP contribution in [0.1, 0.15) is 29.7 Å². The lowest BCUT2D eigenvalue weighted by Crippen LogP contribution is -2.20. The van der Waals surface area contributed by atoms with Crippen molar-refractivity contribution in [2.45, 2.75) is 24.3 Å². The number of nitrogens with zero attached hydrogens (tertiary/aromatic N) is 4. The topological polar surface area (TPSA) is 55.6 Å². The van der Waals surface area contributed by atoms with Crippen LogP contribution in [0.3, 0.4) is 0 Å². The largest absolute Gasteiger partial charge is 0.323 e. The minimum Gasteiger partial charge on any atom is -0.323 e. The minimum absolute atomic E-state index is 0.0250. The van der Waals surface area contributed by atoms with Gasteiger partial charge in [0.1, 0.15) is 6.04 Å². The van der Waals surface area contributed by atoms with Gasteiger partial charge in [0, 0.05) is 10.6 Å². The highest BCUT2D eigenvalue weighted by Crippen LogP contribution is 2.32. The molecule has 0 radical (unpaired) electrons. The van der Waals surface area contributed by atoms with Gasteiger partial charge in [0.05, 0.1) is 0 Å². The van der Waals surface area contributed by atoms with Crippen molar-refractivity contribution in [3.05, 3.63) is 71.3 Å². The molecule has 6 heteroatoms. The monoisotopic (exact) mass is 349 g/mol. The molecule has 3 aromatic rings. The summed E-state index contributed by atoms with van der Waals surface area (Å²) in [6, 6.07) is 17.1. The van der Waals surface area contributed by atoms with E-state index in [0.717, 1.165) is 23.2 Å². The highest BCUT2D eigenvalue weighted by molar-refractivity contribution is 7.98. The second-order valence-electron chi connectivity index (χ2n) is 5.92. The van der Waals surface area contributed by atoms with E-state index < -0.39 is 0 Å². The Kier molecular flexibility index (Phi) is 4.28. The van der Waals surface area contributed by atoms with Gasteiger partial charge in [0.15, 0.2) is 0 Å². The molecule has 25 heavy (non-hydrogen) atoms. The van der Waals surface area contributed by atoms with Gasteiger partial charge in [-0.3, -0.25) is 0 Å². The van der Waals surface area contributed by atoms with Crippen LogP contribution in [0.2, 0.25) is 0 Å². The summed E-state index contributed by atoms with van der Waals surface area (Å²) in [5.74, 6) is 0.663. The number of rotatable bonds is 4. The molecule has 1 atom stereocenters. The summed E-state index contributed by atoms with van der Waals surface area (Å²) in [5.41, 5.74) is 4.66. The SMILES string of the molecule is CCc1ccc(C2=C[C@H](c3ccc(SC)cc3)n3nnnc3N2)cc1. The lowest BCUT2D eigenvalue weighted by atomic mass is 10.0. The number of benzene rings is 2. The second kappa shape index (κ2) is 6.72. The molecule has 4 rings (SSSR count). The van der Waals surface area contributed by atoms with Crippen LogP contribution in [0.25, 0.3) is 5.70 Å². The van der Waals surface area contributed by atoms with Crippen molar-refractivity contribution >= 4 is 23.4 Å². The summed E-state index contributed by atoms with van der Waals surface area (Å²) in [5, 5.41) is 15.4. The number of hydrogen-bond donors (Lipinski definition) is 1. The predicted molar refractivity (Wildman–Crippen MR) is 102 cm³/mol. The third kappa shape index (κ3) is 3.05. The van der Waals surface area contributed by atoms with Gasteiger partial charge in [-0.1, -0.05) is 48.4 Å². The average Bonchev–Trinajstić information content (AvgIpc) is 3.16. The van der Waals surface area contributed by atoms with Crippen LogP contribution in [0.4, 0.5) is 5.95 Å². The van der Waals surface area contributed by atoms with Crippen molar-refractivity contribution in [1.29, 1.82) is 0 Å². The molecule has 0 aliphatic carbocycles. The van der Waals surface area contributed by atoms with Gasteiger partial charge in [-0.2, -0.15) is 4.68 Å². The molecule has 5 nitrogen and oxygen atoms in total. The predicted octanol–water partition coefficient (Wildman–Crippen LogP) is 4.01. The molecule has 0 amide bonds. The fourth-order valence-electron chi connectivity index (χ4n) is 2.98. The molecule has 2 aromatic carbocycles. The van der Waals surface area contributed by atoms with E-state index in [1.54, 1.807) is 11.8 Å². The number of hydrogen-bond acceptors (Lipinski definition) is 5. The first kappa shape index (κ1) is 15.9. The first-order valence-electron chi connectivity index (χ1n) is 8.28. The highest BCUT2D eigenvalue weighted by Gasteiger charge is 2.24. The number of nitrogens with one attached hydrogen (secondary N) is 1. The number of fused-ring (bicyclic) bond motifs is 1. The quantitative estimate of drug-likeness (QED) is 0.721. The maximum atomic E-state index is 4.16. The lowest BCUT2D eigenvalue weighted by Gasteiger charge is -2.23. The van der Waals surface area contributed by atoms with Crippen LogP contribution >= 0.6 is 11.8 Å². The first-order valence-corrected chi connectivity index (χ1v) is 9.51. The number of aromatic nitrogens is 4. The van der Waals surface area contributed by atoms with E-state index in [1.807, 2.05) is 4.68 Å². The zero-order valence-electron chi connectivity index (χ0n) is 14.2. The summed E-state index contributed by atoms with van der Waals surface area (Å²) in [6.07, 6.45) is 5.30. The number of tetrazole rings is 1. The van der Waals surface area contributed by atoms with E-state index in [2.05, 4.69) is 88.6 Å². The molecule has 0 fully saturated rings. The molecule has 1 N–H and O–H groups in total. The van der Waals surface area contributed by atoms with Crippen LogP contribution in [-0.2, 0) is 6.42 Å². The maximum absolute atomic E-state index is 4.16. The standard InChI is InChI=1S/C19H19N5S/c1-3-13-4-6-14(7-5-13)17-12-18(24-19(20-17)21-22-23-24)15-8-10-16(25-2)11-9-15/h4-12,18H,3H2,1-2H3,(H,20,21,23)/t18-/m1/s1. The smallest absolute Gasteiger partial charge is 0.248 e. The Labute approximate surface area is 151 Å². The molecule has 0 spiro atoms. The molecule has 0 saturated heterocycles. The third-order valence-corrected chi connectivity index (χ3v) is 5.20. The fraction of sp³-hybridized carbons (Fsp3) is 0.211. The van der Waals surface area contributed by atoms with Crippen LogP contribution in [0, 0.1) is 0 Å². The van der Waals surface area contributed by atoms with E-state index >= 15 is 0 Å². The van der Waals surface area contributed by atoms with Crippen molar-refractivity contribution in [2.24, 2.45) is 0 Å². The summed E-state index contributed by atoms with van der Waals surface area (Å²) < 4.78 is 1.82. The van der Waals surface area contributed by atoms with Crippen molar-refractivity contribution in [3.63, 3.8) is 0 Å². The van der Waals surface area contributed by atoms with E-state index in [1.165, 1.54) is 10.5 Å². The van der Waals surface area contributed by atoms with E-state index in [0.29, 0.717) is 5.95 Å².